The molecule has 0 saturated heterocycles. The monoisotopic (exact) mass is 354 g/mol. The van der Waals surface area contributed by atoms with Crippen LogP contribution >= 0.6 is 15.9 Å². The van der Waals surface area contributed by atoms with Crippen LogP contribution in [0.25, 0.3) is 0 Å². The minimum absolute atomic E-state index is 0.00915. The number of benzene rings is 1. The second-order valence-electron chi connectivity index (χ2n) is 4.95. The summed E-state index contributed by atoms with van der Waals surface area (Å²) in [7, 11) is 1.67. The number of anilines is 1. The topological polar surface area (TPSA) is 49.4 Å². The van der Waals surface area contributed by atoms with Gasteiger partial charge < -0.3 is 10.2 Å². The third-order valence-corrected chi connectivity index (χ3v) is 3.81. The van der Waals surface area contributed by atoms with Crippen molar-refractivity contribution in [3.05, 3.63) is 29.8 Å². The Balaban J connectivity index is 2.47. The molecule has 1 aromatic carbocycles. The zero-order valence-electron chi connectivity index (χ0n) is 12.7. The number of nitrogens with zero attached hydrogens (tertiary/aromatic N) is 1. The Morgan fingerprint density at radius 3 is 2.62 bits per heavy atom. The summed E-state index contributed by atoms with van der Waals surface area (Å²) in [6, 6.07) is 7.72. The number of unbranched alkanes of at least 4 members (excludes halogenated alkanes) is 1. The van der Waals surface area contributed by atoms with Crippen molar-refractivity contribution in [1.29, 1.82) is 0 Å². The Labute approximate surface area is 135 Å². The molecule has 0 saturated carbocycles. The van der Waals surface area contributed by atoms with E-state index in [1.807, 2.05) is 31.2 Å². The van der Waals surface area contributed by atoms with Crippen molar-refractivity contribution in [3.63, 3.8) is 0 Å². The van der Waals surface area contributed by atoms with Gasteiger partial charge in [-0.25, -0.2) is 0 Å². The number of halogens is 1. The third kappa shape index (κ3) is 6.29. The van der Waals surface area contributed by atoms with E-state index >= 15 is 0 Å². The molecule has 0 radical (unpaired) electrons. The number of carbonyl (C=O) groups is 2. The standard InChI is InChI=1S/C16H23BrN2O2/c1-3-13-8-4-5-9-14(13)18-15(20)12-19(2)16(21)10-6-7-11-17/h4-5,8-9H,3,6-7,10-12H2,1-2H3,(H,18,20). The molecule has 0 unspecified atom stereocenters. The fourth-order valence-corrected chi connectivity index (χ4v) is 2.40. The van der Waals surface area contributed by atoms with E-state index in [0.717, 1.165) is 35.8 Å². The first-order valence-corrected chi connectivity index (χ1v) is 8.38. The van der Waals surface area contributed by atoms with E-state index in [1.165, 1.54) is 4.90 Å². The number of alkyl halides is 1. The summed E-state index contributed by atoms with van der Waals surface area (Å²) in [5, 5.41) is 3.78. The average molecular weight is 355 g/mol. The van der Waals surface area contributed by atoms with Crippen molar-refractivity contribution in [3.8, 4) is 0 Å². The van der Waals surface area contributed by atoms with Crippen molar-refractivity contribution in [2.24, 2.45) is 0 Å². The Kier molecular flexibility index (Phi) is 8.05. The summed E-state index contributed by atoms with van der Waals surface area (Å²) in [4.78, 5) is 25.4. The fraction of sp³-hybridized carbons (Fsp3) is 0.500. The van der Waals surface area contributed by atoms with Gasteiger partial charge in [0.25, 0.3) is 0 Å². The van der Waals surface area contributed by atoms with Gasteiger partial charge in [0.05, 0.1) is 6.54 Å². The Morgan fingerprint density at radius 1 is 1.24 bits per heavy atom. The van der Waals surface area contributed by atoms with Gasteiger partial charge in [0.15, 0.2) is 0 Å². The molecule has 1 rings (SSSR count). The van der Waals surface area contributed by atoms with Crippen molar-refractivity contribution in [2.75, 3.05) is 24.2 Å². The number of likely N-dealkylation sites (N-methyl/N-ethyl adjacent to an activating group) is 1. The fourth-order valence-electron chi connectivity index (χ4n) is 2.01. The molecule has 0 atom stereocenters. The molecule has 5 heteroatoms. The average Bonchev–Trinajstić information content (AvgIpc) is 2.47. The smallest absolute Gasteiger partial charge is 0.243 e. The first kappa shape index (κ1) is 17.7. The van der Waals surface area contributed by atoms with Crippen LogP contribution in [0.15, 0.2) is 24.3 Å². The number of nitrogens with one attached hydrogen (secondary N) is 1. The van der Waals surface area contributed by atoms with Gasteiger partial charge in [0.1, 0.15) is 0 Å². The van der Waals surface area contributed by atoms with Crippen molar-refractivity contribution in [1.82, 2.24) is 4.90 Å². The van der Waals surface area contributed by atoms with Crippen LogP contribution in [-0.2, 0) is 16.0 Å². The van der Waals surface area contributed by atoms with Crippen molar-refractivity contribution < 1.29 is 9.59 Å². The molecule has 0 spiro atoms. The van der Waals surface area contributed by atoms with Crippen molar-refractivity contribution in [2.45, 2.75) is 32.6 Å². The maximum atomic E-state index is 12.0. The Bertz CT molecular complexity index is 477. The molecule has 2 amide bonds. The molecule has 21 heavy (non-hydrogen) atoms. The van der Waals surface area contributed by atoms with E-state index in [0.29, 0.717) is 6.42 Å². The lowest BCUT2D eigenvalue weighted by Crippen LogP contribution is -2.34. The largest absolute Gasteiger partial charge is 0.336 e. The van der Waals surface area contributed by atoms with E-state index in [2.05, 4.69) is 21.2 Å². The minimum Gasteiger partial charge on any atom is -0.336 e. The number of amides is 2. The molecule has 1 N–H and O–H groups in total. The summed E-state index contributed by atoms with van der Waals surface area (Å²) in [6.07, 6.45) is 3.16. The number of para-hydroxylation sites is 1. The third-order valence-electron chi connectivity index (χ3n) is 3.25. The quantitative estimate of drug-likeness (QED) is 0.575. The van der Waals surface area contributed by atoms with Gasteiger partial charge in [-0.05, 0) is 30.9 Å². The first-order valence-electron chi connectivity index (χ1n) is 7.26. The lowest BCUT2D eigenvalue weighted by molar-refractivity contribution is -0.133. The molecular formula is C16H23BrN2O2. The van der Waals surface area contributed by atoms with Crippen LogP contribution in [0.4, 0.5) is 5.69 Å². The zero-order valence-corrected chi connectivity index (χ0v) is 14.3. The molecule has 116 valence electrons. The maximum Gasteiger partial charge on any atom is 0.243 e. The normalized spacial score (nSPS) is 10.2. The minimum atomic E-state index is -0.160. The summed E-state index contributed by atoms with van der Waals surface area (Å²) in [6.45, 7) is 2.13. The van der Waals surface area contributed by atoms with Gasteiger partial charge in [-0.1, -0.05) is 41.1 Å². The van der Waals surface area contributed by atoms with Gasteiger partial charge >= 0.3 is 0 Å². The second-order valence-corrected chi connectivity index (χ2v) is 5.75. The van der Waals surface area contributed by atoms with Crippen LogP contribution in [0.2, 0.25) is 0 Å². The highest BCUT2D eigenvalue weighted by molar-refractivity contribution is 9.09. The number of hydrogen-bond donors (Lipinski definition) is 1. The predicted molar refractivity (Wildman–Crippen MR) is 89.7 cm³/mol. The van der Waals surface area contributed by atoms with Crippen LogP contribution in [0.3, 0.4) is 0 Å². The van der Waals surface area contributed by atoms with E-state index in [4.69, 9.17) is 0 Å². The van der Waals surface area contributed by atoms with E-state index in [9.17, 15) is 9.59 Å². The van der Waals surface area contributed by atoms with Crippen LogP contribution in [0.5, 0.6) is 0 Å². The number of rotatable bonds is 8. The van der Waals surface area contributed by atoms with Crippen LogP contribution < -0.4 is 5.32 Å². The molecule has 0 aromatic heterocycles. The number of carbonyl (C=O) groups excluding carboxylic acids is 2. The highest BCUT2D eigenvalue weighted by Gasteiger charge is 2.13. The molecule has 4 nitrogen and oxygen atoms in total. The molecule has 0 aliphatic heterocycles. The molecule has 0 fully saturated rings. The molecule has 0 bridgehead atoms. The van der Waals surface area contributed by atoms with Gasteiger partial charge in [-0.2, -0.15) is 0 Å². The summed E-state index contributed by atoms with van der Waals surface area (Å²) in [5.74, 6) is -0.151. The number of hydrogen-bond acceptors (Lipinski definition) is 2. The molecule has 0 aliphatic carbocycles. The van der Waals surface area contributed by atoms with Crippen molar-refractivity contribution >= 4 is 33.4 Å². The summed E-state index contributed by atoms with van der Waals surface area (Å²) in [5.41, 5.74) is 1.92. The number of aryl methyl sites for hydroxylation is 1. The van der Waals surface area contributed by atoms with E-state index in [1.54, 1.807) is 7.05 Å². The van der Waals surface area contributed by atoms with E-state index < -0.39 is 0 Å². The lowest BCUT2D eigenvalue weighted by Gasteiger charge is -2.17. The highest BCUT2D eigenvalue weighted by Crippen LogP contribution is 2.15. The Morgan fingerprint density at radius 2 is 1.95 bits per heavy atom. The van der Waals surface area contributed by atoms with Gasteiger partial charge in [0, 0.05) is 24.5 Å². The molecule has 0 aliphatic rings. The Hall–Kier alpha value is -1.36. The van der Waals surface area contributed by atoms with Gasteiger partial charge in [-0.3, -0.25) is 9.59 Å². The van der Waals surface area contributed by atoms with Crippen LogP contribution in [0.1, 0.15) is 31.7 Å². The lowest BCUT2D eigenvalue weighted by atomic mass is 10.1. The summed E-state index contributed by atoms with van der Waals surface area (Å²) >= 11 is 3.34. The highest BCUT2D eigenvalue weighted by atomic mass is 79.9. The molecule has 0 heterocycles. The van der Waals surface area contributed by atoms with Gasteiger partial charge in [-0.15, -0.1) is 0 Å². The van der Waals surface area contributed by atoms with Crippen LogP contribution in [0, 0.1) is 0 Å². The van der Waals surface area contributed by atoms with Crippen LogP contribution in [-0.4, -0.2) is 35.6 Å². The summed E-state index contributed by atoms with van der Waals surface area (Å²) < 4.78 is 0. The van der Waals surface area contributed by atoms with E-state index in [-0.39, 0.29) is 18.4 Å². The zero-order chi connectivity index (χ0) is 15.7. The first-order chi connectivity index (χ1) is 10.1. The second kappa shape index (κ2) is 9.55. The predicted octanol–water partition coefficient (Wildman–Crippen LogP) is 3.21. The van der Waals surface area contributed by atoms with Gasteiger partial charge in [0.2, 0.25) is 11.8 Å². The molecule has 1 aromatic rings. The molecular weight excluding hydrogens is 332 g/mol. The SMILES string of the molecule is CCc1ccccc1NC(=O)CN(C)C(=O)CCCCBr. The maximum absolute atomic E-state index is 12.0.